The average molecular weight is 260 g/mol. The number of benzene rings is 1. The molecule has 0 atom stereocenters. The van der Waals surface area contributed by atoms with Gasteiger partial charge in [-0.2, -0.15) is 0 Å². The van der Waals surface area contributed by atoms with Crippen LogP contribution in [0.25, 0.3) is 6.08 Å². The van der Waals surface area contributed by atoms with Crippen molar-refractivity contribution in [2.75, 3.05) is 6.54 Å². The van der Waals surface area contributed by atoms with Gasteiger partial charge in [-0.15, -0.1) is 0 Å². The number of nitrogens with one attached hydrogen (secondary N) is 2. The first-order valence-electron chi connectivity index (χ1n) is 6.31. The highest BCUT2D eigenvalue weighted by Gasteiger charge is 2.11. The quantitative estimate of drug-likeness (QED) is 0.795. The lowest BCUT2D eigenvalue weighted by Crippen LogP contribution is -2.35. The fraction of sp³-hybridized carbons (Fsp3) is 0.333. The molecular weight excluding hydrogens is 240 g/mol. The lowest BCUT2D eigenvalue weighted by atomic mass is 10.1. The van der Waals surface area contributed by atoms with Crippen LogP contribution in [0.4, 0.5) is 0 Å². The molecule has 0 aromatic heterocycles. The molecule has 0 heterocycles. The fourth-order valence-corrected chi connectivity index (χ4v) is 1.46. The third-order valence-corrected chi connectivity index (χ3v) is 2.34. The minimum absolute atomic E-state index is 0.262. The summed E-state index contributed by atoms with van der Waals surface area (Å²) in [4.78, 5) is 23.1. The van der Waals surface area contributed by atoms with Crippen molar-refractivity contribution in [2.45, 2.75) is 20.8 Å². The van der Waals surface area contributed by atoms with E-state index in [2.05, 4.69) is 10.6 Å². The molecule has 0 radical (unpaired) electrons. The standard InChI is InChI=1S/C15H20N2O2/c1-11(2)10-16-15(19)14(17-12(3)18)9-13-7-5-4-6-8-13/h4-9,11H,10H2,1-3H3,(H,16,19)(H,17,18)/b14-9+. The van der Waals surface area contributed by atoms with Gasteiger partial charge >= 0.3 is 0 Å². The van der Waals surface area contributed by atoms with Crippen molar-refractivity contribution in [1.29, 1.82) is 0 Å². The second kappa shape index (κ2) is 7.36. The lowest BCUT2D eigenvalue weighted by molar-refractivity contribution is -0.122. The summed E-state index contributed by atoms with van der Waals surface area (Å²) in [5, 5.41) is 5.35. The van der Waals surface area contributed by atoms with Crippen LogP contribution >= 0.6 is 0 Å². The monoisotopic (exact) mass is 260 g/mol. The molecule has 0 bridgehead atoms. The summed E-state index contributed by atoms with van der Waals surface area (Å²) in [6.45, 7) is 5.98. The number of rotatable bonds is 5. The van der Waals surface area contributed by atoms with E-state index in [4.69, 9.17) is 0 Å². The highest BCUT2D eigenvalue weighted by molar-refractivity contribution is 6.00. The first kappa shape index (κ1) is 15.0. The fourth-order valence-electron chi connectivity index (χ4n) is 1.46. The van der Waals surface area contributed by atoms with Crippen molar-refractivity contribution in [1.82, 2.24) is 10.6 Å². The van der Waals surface area contributed by atoms with Crippen LogP contribution in [0.3, 0.4) is 0 Å². The van der Waals surface area contributed by atoms with Crippen LogP contribution < -0.4 is 10.6 Å². The second-order valence-electron chi connectivity index (χ2n) is 4.75. The Labute approximate surface area is 113 Å². The highest BCUT2D eigenvalue weighted by atomic mass is 16.2. The lowest BCUT2D eigenvalue weighted by Gasteiger charge is -2.11. The van der Waals surface area contributed by atoms with Crippen molar-refractivity contribution >= 4 is 17.9 Å². The van der Waals surface area contributed by atoms with E-state index in [1.54, 1.807) is 6.08 Å². The zero-order valence-electron chi connectivity index (χ0n) is 11.6. The van der Waals surface area contributed by atoms with Gasteiger partial charge in [0, 0.05) is 13.5 Å². The Hall–Kier alpha value is -2.10. The molecule has 0 saturated heterocycles. The van der Waals surface area contributed by atoms with Gasteiger partial charge in [-0.25, -0.2) is 0 Å². The molecule has 0 spiro atoms. The molecule has 2 N–H and O–H groups in total. The number of amides is 2. The predicted octanol–water partition coefficient (Wildman–Crippen LogP) is 1.94. The Balaban J connectivity index is 2.85. The van der Waals surface area contributed by atoms with Gasteiger partial charge in [0.05, 0.1) is 0 Å². The van der Waals surface area contributed by atoms with Crippen molar-refractivity contribution in [3.05, 3.63) is 41.6 Å². The van der Waals surface area contributed by atoms with Gasteiger partial charge in [-0.05, 0) is 17.6 Å². The van der Waals surface area contributed by atoms with E-state index in [9.17, 15) is 9.59 Å². The number of hydrogen-bond donors (Lipinski definition) is 2. The zero-order chi connectivity index (χ0) is 14.3. The zero-order valence-corrected chi connectivity index (χ0v) is 11.6. The first-order valence-corrected chi connectivity index (χ1v) is 6.31. The van der Waals surface area contributed by atoms with E-state index >= 15 is 0 Å². The molecule has 1 aromatic carbocycles. The van der Waals surface area contributed by atoms with E-state index in [0.717, 1.165) is 5.56 Å². The summed E-state index contributed by atoms with van der Waals surface area (Å²) < 4.78 is 0. The third kappa shape index (κ3) is 5.86. The van der Waals surface area contributed by atoms with E-state index in [-0.39, 0.29) is 17.5 Å². The summed E-state index contributed by atoms with van der Waals surface area (Å²) in [6.07, 6.45) is 1.66. The molecule has 19 heavy (non-hydrogen) atoms. The topological polar surface area (TPSA) is 58.2 Å². The molecule has 4 heteroatoms. The number of carbonyl (C=O) groups excluding carboxylic acids is 2. The molecule has 0 saturated carbocycles. The van der Waals surface area contributed by atoms with Gasteiger partial charge < -0.3 is 10.6 Å². The highest BCUT2D eigenvalue weighted by Crippen LogP contribution is 2.05. The molecule has 1 aromatic rings. The van der Waals surface area contributed by atoms with Crippen LogP contribution in [0.15, 0.2) is 36.0 Å². The summed E-state index contributed by atoms with van der Waals surface area (Å²) >= 11 is 0. The first-order chi connectivity index (χ1) is 8.99. The van der Waals surface area contributed by atoms with Gasteiger partial charge in [0.2, 0.25) is 5.91 Å². The summed E-state index contributed by atoms with van der Waals surface area (Å²) in [6, 6.07) is 9.40. The molecule has 0 aliphatic carbocycles. The smallest absolute Gasteiger partial charge is 0.267 e. The Bertz CT molecular complexity index is 464. The minimum Gasteiger partial charge on any atom is -0.351 e. The van der Waals surface area contributed by atoms with Gasteiger partial charge in [-0.3, -0.25) is 9.59 Å². The molecule has 102 valence electrons. The normalized spacial score (nSPS) is 11.3. The van der Waals surface area contributed by atoms with E-state index in [1.165, 1.54) is 6.92 Å². The van der Waals surface area contributed by atoms with E-state index < -0.39 is 0 Å². The Morgan fingerprint density at radius 3 is 2.37 bits per heavy atom. The predicted molar refractivity (Wildman–Crippen MR) is 76.1 cm³/mol. The molecule has 4 nitrogen and oxygen atoms in total. The molecular formula is C15H20N2O2. The summed E-state index contributed by atoms with van der Waals surface area (Å²) in [5.41, 5.74) is 1.13. The molecule has 0 unspecified atom stereocenters. The molecule has 0 aliphatic heterocycles. The Morgan fingerprint density at radius 1 is 1.21 bits per heavy atom. The summed E-state index contributed by atoms with van der Waals surface area (Å²) in [7, 11) is 0. The number of hydrogen-bond acceptors (Lipinski definition) is 2. The molecule has 0 fully saturated rings. The van der Waals surface area contributed by atoms with Gasteiger partial charge in [-0.1, -0.05) is 44.2 Å². The maximum atomic E-state index is 12.0. The maximum Gasteiger partial charge on any atom is 0.267 e. The maximum absolute atomic E-state index is 12.0. The molecule has 0 aliphatic rings. The Kier molecular flexibility index (Phi) is 5.79. The van der Waals surface area contributed by atoms with Crippen LogP contribution in [-0.4, -0.2) is 18.4 Å². The van der Waals surface area contributed by atoms with Gasteiger partial charge in [0.25, 0.3) is 5.91 Å². The van der Waals surface area contributed by atoms with Gasteiger partial charge in [0.1, 0.15) is 5.70 Å². The van der Waals surface area contributed by atoms with Crippen molar-refractivity contribution < 1.29 is 9.59 Å². The minimum atomic E-state index is -0.271. The van der Waals surface area contributed by atoms with E-state index in [1.807, 2.05) is 44.2 Å². The van der Waals surface area contributed by atoms with Crippen LogP contribution in [0.2, 0.25) is 0 Å². The number of carbonyl (C=O) groups is 2. The second-order valence-corrected chi connectivity index (χ2v) is 4.75. The van der Waals surface area contributed by atoms with Crippen LogP contribution in [0.1, 0.15) is 26.3 Å². The van der Waals surface area contributed by atoms with Crippen molar-refractivity contribution in [2.24, 2.45) is 5.92 Å². The van der Waals surface area contributed by atoms with Crippen LogP contribution in [0, 0.1) is 5.92 Å². The third-order valence-electron chi connectivity index (χ3n) is 2.34. The Morgan fingerprint density at radius 2 is 1.84 bits per heavy atom. The van der Waals surface area contributed by atoms with Crippen LogP contribution in [-0.2, 0) is 9.59 Å². The molecule has 1 rings (SSSR count). The van der Waals surface area contributed by atoms with Gasteiger partial charge in [0.15, 0.2) is 0 Å². The van der Waals surface area contributed by atoms with E-state index in [0.29, 0.717) is 12.5 Å². The average Bonchev–Trinajstić information content (AvgIpc) is 2.36. The van der Waals surface area contributed by atoms with Crippen LogP contribution in [0.5, 0.6) is 0 Å². The van der Waals surface area contributed by atoms with Crippen molar-refractivity contribution in [3.8, 4) is 0 Å². The van der Waals surface area contributed by atoms with Crippen molar-refractivity contribution in [3.63, 3.8) is 0 Å². The summed E-state index contributed by atoms with van der Waals surface area (Å²) in [5.74, 6) is -0.172. The SMILES string of the molecule is CC(=O)N/C(=C/c1ccccc1)C(=O)NCC(C)C. The largest absolute Gasteiger partial charge is 0.351 e. The molecule has 2 amide bonds.